The highest BCUT2D eigenvalue weighted by molar-refractivity contribution is 6.99. The average molecular weight is 383 g/mol. The Morgan fingerprint density at radius 3 is 1.44 bits per heavy atom. The molecule has 2 aromatic carbocycles. The maximum absolute atomic E-state index is 11.6. The van der Waals surface area contributed by atoms with Crippen LogP contribution in [0.4, 0.5) is 0 Å². The van der Waals surface area contributed by atoms with Crippen molar-refractivity contribution in [2.75, 3.05) is 0 Å². The molecule has 0 aliphatic rings. The lowest BCUT2D eigenvalue weighted by molar-refractivity contribution is -0.118. The number of benzene rings is 2. The molecule has 0 heterocycles. The molecule has 2 aromatic rings. The molecule has 1 unspecified atom stereocenters. The molecule has 144 valence electrons. The van der Waals surface area contributed by atoms with E-state index in [1.807, 2.05) is 50.2 Å². The topological polar surface area (TPSA) is 43.4 Å². The first kappa shape index (κ1) is 21.3. The minimum atomic E-state index is -2.79. The van der Waals surface area contributed by atoms with Gasteiger partial charge in [-0.2, -0.15) is 0 Å². The number of hydrogen-bond acceptors (Lipinski definition) is 3. The Labute approximate surface area is 163 Å². The zero-order valence-electron chi connectivity index (χ0n) is 16.9. The van der Waals surface area contributed by atoms with Crippen LogP contribution in [0.2, 0.25) is 5.04 Å². The summed E-state index contributed by atoms with van der Waals surface area (Å²) in [6.07, 6.45) is 1.32. The second-order valence-corrected chi connectivity index (χ2v) is 12.5. The molecular weight excluding hydrogens is 352 g/mol. The molecule has 0 aliphatic carbocycles. The van der Waals surface area contributed by atoms with Crippen LogP contribution in [0.25, 0.3) is 0 Å². The van der Waals surface area contributed by atoms with E-state index in [9.17, 15) is 9.59 Å². The summed E-state index contributed by atoms with van der Waals surface area (Å²) in [5, 5.41) is 2.09. The molecule has 0 saturated carbocycles. The number of carbonyl (C=O) groups is 2. The summed E-state index contributed by atoms with van der Waals surface area (Å²) < 4.78 is 6.96. The van der Waals surface area contributed by atoms with Crippen LogP contribution >= 0.6 is 0 Å². The molecule has 0 bridgehead atoms. The van der Waals surface area contributed by atoms with Crippen LogP contribution in [0.5, 0.6) is 0 Å². The molecule has 27 heavy (non-hydrogen) atoms. The Morgan fingerprint density at radius 1 is 0.778 bits per heavy atom. The molecule has 0 aliphatic heterocycles. The smallest absolute Gasteiger partial charge is 0.261 e. The fourth-order valence-corrected chi connectivity index (χ4v) is 8.60. The van der Waals surface area contributed by atoms with Crippen molar-refractivity contribution in [1.82, 2.24) is 0 Å². The molecule has 3 atom stereocenters. The SMILES string of the molecule is C[C@H](C=O)C(O[Si](c1ccccc1)(c1ccccc1)C(C)(C)C)[C@@H](C)C=O. The molecule has 0 fully saturated rings. The van der Waals surface area contributed by atoms with Crippen LogP contribution in [0.3, 0.4) is 0 Å². The van der Waals surface area contributed by atoms with Crippen LogP contribution in [-0.4, -0.2) is 27.0 Å². The van der Waals surface area contributed by atoms with E-state index in [1.165, 1.54) is 0 Å². The van der Waals surface area contributed by atoms with Gasteiger partial charge in [0.2, 0.25) is 0 Å². The molecule has 0 N–H and O–H groups in total. The van der Waals surface area contributed by atoms with Gasteiger partial charge in [0.15, 0.2) is 0 Å². The summed E-state index contributed by atoms with van der Waals surface area (Å²) in [6, 6.07) is 20.5. The maximum Gasteiger partial charge on any atom is 0.261 e. The molecule has 3 nitrogen and oxygen atoms in total. The Hall–Kier alpha value is -2.04. The van der Waals surface area contributed by atoms with Gasteiger partial charge < -0.3 is 14.0 Å². The number of carbonyl (C=O) groups excluding carboxylic acids is 2. The molecule has 2 rings (SSSR count). The highest BCUT2D eigenvalue weighted by atomic mass is 28.4. The van der Waals surface area contributed by atoms with Crippen LogP contribution in [-0.2, 0) is 14.0 Å². The van der Waals surface area contributed by atoms with E-state index in [1.54, 1.807) is 0 Å². The number of hydrogen-bond donors (Lipinski definition) is 0. The zero-order valence-corrected chi connectivity index (χ0v) is 17.9. The average Bonchev–Trinajstić information content (AvgIpc) is 2.68. The molecule has 0 saturated heterocycles. The van der Waals surface area contributed by atoms with E-state index in [-0.39, 0.29) is 16.9 Å². The van der Waals surface area contributed by atoms with Gasteiger partial charge in [-0.1, -0.05) is 95.3 Å². The minimum Gasteiger partial charge on any atom is -0.403 e. The van der Waals surface area contributed by atoms with E-state index in [0.29, 0.717) is 0 Å². The van der Waals surface area contributed by atoms with Gasteiger partial charge in [0.1, 0.15) is 12.6 Å². The van der Waals surface area contributed by atoms with Gasteiger partial charge in [0.25, 0.3) is 8.32 Å². The van der Waals surface area contributed by atoms with Crippen molar-refractivity contribution in [1.29, 1.82) is 0 Å². The Kier molecular flexibility index (Phi) is 6.90. The van der Waals surface area contributed by atoms with Gasteiger partial charge in [-0.15, -0.1) is 0 Å². The number of aldehydes is 2. The Bertz CT molecular complexity index is 684. The van der Waals surface area contributed by atoms with Crippen molar-refractivity contribution >= 4 is 31.3 Å². The van der Waals surface area contributed by atoms with Gasteiger partial charge in [-0.3, -0.25) is 0 Å². The number of rotatable bonds is 8. The van der Waals surface area contributed by atoms with E-state index in [2.05, 4.69) is 45.0 Å². The second kappa shape index (κ2) is 8.76. The van der Waals surface area contributed by atoms with E-state index in [4.69, 9.17) is 4.43 Å². The largest absolute Gasteiger partial charge is 0.403 e. The van der Waals surface area contributed by atoms with Gasteiger partial charge >= 0.3 is 0 Å². The summed E-state index contributed by atoms with van der Waals surface area (Å²) in [7, 11) is -2.79. The van der Waals surface area contributed by atoms with E-state index < -0.39 is 14.4 Å². The van der Waals surface area contributed by atoms with Gasteiger partial charge in [0, 0.05) is 11.8 Å². The summed E-state index contributed by atoms with van der Waals surface area (Å²) in [5.74, 6) is -0.737. The second-order valence-electron chi connectivity index (χ2n) is 8.24. The summed E-state index contributed by atoms with van der Waals surface area (Å²) in [4.78, 5) is 23.2. The molecule has 0 spiro atoms. The first-order valence-corrected chi connectivity index (χ1v) is 11.4. The molecule has 0 aromatic heterocycles. The summed E-state index contributed by atoms with van der Waals surface area (Å²) >= 11 is 0. The van der Waals surface area contributed by atoms with Gasteiger partial charge in [0.05, 0.1) is 6.10 Å². The lowest BCUT2D eigenvalue weighted by atomic mass is 9.96. The van der Waals surface area contributed by atoms with Crippen molar-refractivity contribution in [3.05, 3.63) is 60.7 Å². The van der Waals surface area contributed by atoms with E-state index >= 15 is 0 Å². The predicted octanol–water partition coefficient (Wildman–Crippen LogP) is 3.60. The lowest BCUT2D eigenvalue weighted by Gasteiger charge is -2.46. The van der Waals surface area contributed by atoms with Crippen molar-refractivity contribution in [2.24, 2.45) is 11.8 Å². The standard InChI is InChI=1S/C23H30O3Si/c1-18(16-24)22(19(2)17-25)26-27(23(3,4)5,20-12-8-6-9-13-20)21-14-10-7-11-15-21/h6-19,22H,1-5H3/t18-,19+,22?. The lowest BCUT2D eigenvalue weighted by Crippen LogP contribution is -2.68. The van der Waals surface area contributed by atoms with Gasteiger partial charge in [-0.25, -0.2) is 0 Å². The van der Waals surface area contributed by atoms with Crippen molar-refractivity contribution in [3.63, 3.8) is 0 Å². The molecule has 4 heteroatoms. The highest BCUT2D eigenvalue weighted by Crippen LogP contribution is 2.39. The van der Waals surface area contributed by atoms with Crippen molar-refractivity contribution in [3.8, 4) is 0 Å². The zero-order chi connectivity index (χ0) is 20.1. The monoisotopic (exact) mass is 382 g/mol. The predicted molar refractivity (Wildman–Crippen MR) is 113 cm³/mol. The van der Waals surface area contributed by atoms with Gasteiger partial charge in [-0.05, 0) is 15.4 Å². The summed E-state index contributed by atoms with van der Waals surface area (Å²) in [5.41, 5.74) is 0. The first-order valence-electron chi connectivity index (χ1n) is 9.47. The van der Waals surface area contributed by atoms with Crippen LogP contribution in [0, 0.1) is 11.8 Å². The van der Waals surface area contributed by atoms with Crippen LogP contribution in [0.15, 0.2) is 60.7 Å². The highest BCUT2D eigenvalue weighted by Gasteiger charge is 2.52. The Balaban J connectivity index is 2.75. The van der Waals surface area contributed by atoms with Crippen molar-refractivity contribution < 1.29 is 14.0 Å². The fraction of sp³-hybridized carbons (Fsp3) is 0.391. The third-order valence-electron chi connectivity index (χ3n) is 5.20. The summed E-state index contributed by atoms with van der Waals surface area (Å²) in [6.45, 7) is 10.2. The third kappa shape index (κ3) is 4.28. The van der Waals surface area contributed by atoms with Crippen LogP contribution < -0.4 is 10.4 Å². The minimum absolute atomic E-state index is 0.195. The molecular formula is C23H30O3Si. The Morgan fingerprint density at radius 2 is 1.15 bits per heavy atom. The molecule has 0 radical (unpaired) electrons. The van der Waals surface area contributed by atoms with E-state index in [0.717, 1.165) is 22.9 Å². The van der Waals surface area contributed by atoms with Crippen LogP contribution in [0.1, 0.15) is 34.6 Å². The fourth-order valence-electron chi connectivity index (χ4n) is 3.74. The first-order chi connectivity index (χ1) is 12.8. The third-order valence-corrected chi connectivity index (χ3v) is 10.2. The van der Waals surface area contributed by atoms with Crippen molar-refractivity contribution in [2.45, 2.75) is 45.8 Å². The quantitative estimate of drug-likeness (QED) is 0.517. The normalized spacial score (nSPS) is 15.6. The maximum atomic E-state index is 11.6. The molecule has 0 amide bonds.